The standard InChI is InChI=1S/C16H16FN5OS/c1-22-11-7-8(17)5-6-10(11)19-16(22)21-14(23)9-3-2-4-12-13(9)20-15(18)24-12/h5-7,9H,2-4H2,1H3,(H2,18,20)(H,19,21,23). The summed E-state index contributed by atoms with van der Waals surface area (Å²) in [6, 6.07) is 4.35. The van der Waals surface area contributed by atoms with E-state index in [1.165, 1.54) is 23.5 Å². The lowest BCUT2D eigenvalue weighted by molar-refractivity contribution is -0.118. The molecule has 3 N–H and O–H groups in total. The average molecular weight is 345 g/mol. The molecular formula is C16H16FN5OS. The average Bonchev–Trinajstić information content (AvgIpc) is 3.07. The van der Waals surface area contributed by atoms with Gasteiger partial charge in [-0.1, -0.05) is 0 Å². The normalized spacial score (nSPS) is 17.0. The van der Waals surface area contributed by atoms with Crippen molar-refractivity contribution in [3.05, 3.63) is 34.6 Å². The maximum absolute atomic E-state index is 13.4. The van der Waals surface area contributed by atoms with Gasteiger partial charge in [0, 0.05) is 11.9 Å². The third-order valence-corrected chi connectivity index (χ3v) is 5.33. The van der Waals surface area contributed by atoms with Crippen molar-refractivity contribution >= 4 is 39.4 Å². The number of nitrogens with two attached hydrogens (primary N) is 1. The zero-order valence-corrected chi connectivity index (χ0v) is 13.9. The number of rotatable bonds is 2. The molecule has 6 nitrogen and oxygen atoms in total. The number of halogens is 1. The van der Waals surface area contributed by atoms with Gasteiger partial charge in [-0.2, -0.15) is 0 Å². The molecule has 3 aromatic rings. The molecule has 4 rings (SSSR count). The maximum atomic E-state index is 13.4. The summed E-state index contributed by atoms with van der Waals surface area (Å²) in [5, 5.41) is 3.35. The summed E-state index contributed by atoms with van der Waals surface area (Å²) in [6.45, 7) is 0. The van der Waals surface area contributed by atoms with Gasteiger partial charge < -0.3 is 10.3 Å². The number of amides is 1. The molecule has 1 aliphatic carbocycles. The van der Waals surface area contributed by atoms with Gasteiger partial charge in [-0.15, -0.1) is 11.3 Å². The first-order valence-electron chi connectivity index (χ1n) is 7.71. The third-order valence-electron chi connectivity index (χ3n) is 4.37. The number of nitrogen functional groups attached to an aromatic ring is 1. The number of aryl methyl sites for hydroxylation is 2. The molecule has 2 aromatic heterocycles. The van der Waals surface area contributed by atoms with Crippen LogP contribution in [0.4, 0.5) is 15.5 Å². The second-order valence-corrected chi connectivity index (χ2v) is 7.04. The van der Waals surface area contributed by atoms with Gasteiger partial charge in [-0.05, 0) is 37.5 Å². The molecule has 0 spiro atoms. The van der Waals surface area contributed by atoms with Crippen LogP contribution in [-0.2, 0) is 18.3 Å². The van der Waals surface area contributed by atoms with Crippen molar-refractivity contribution in [2.24, 2.45) is 7.05 Å². The molecule has 2 heterocycles. The molecule has 8 heteroatoms. The molecule has 0 radical (unpaired) electrons. The monoisotopic (exact) mass is 345 g/mol. The van der Waals surface area contributed by atoms with Gasteiger partial charge in [0.2, 0.25) is 11.9 Å². The number of carbonyl (C=O) groups excluding carboxylic acids is 1. The number of fused-ring (bicyclic) bond motifs is 2. The van der Waals surface area contributed by atoms with E-state index in [0.29, 0.717) is 22.1 Å². The predicted octanol–water partition coefficient (Wildman–Crippen LogP) is 2.81. The Hall–Kier alpha value is -2.48. The minimum atomic E-state index is -0.335. The Kier molecular flexibility index (Phi) is 3.49. The molecule has 0 saturated carbocycles. The fraction of sp³-hybridized carbons (Fsp3) is 0.312. The molecule has 0 fully saturated rings. The van der Waals surface area contributed by atoms with E-state index in [2.05, 4.69) is 15.3 Å². The van der Waals surface area contributed by atoms with Crippen LogP contribution in [0.1, 0.15) is 29.3 Å². The molecule has 24 heavy (non-hydrogen) atoms. The number of imidazole rings is 1. The van der Waals surface area contributed by atoms with Crippen molar-refractivity contribution < 1.29 is 9.18 Å². The number of hydrogen-bond acceptors (Lipinski definition) is 5. The molecule has 124 valence electrons. The number of carbonyl (C=O) groups is 1. The summed E-state index contributed by atoms with van der Waals surface area (Å²) in [6.07, 6.45) is 2.58. The van der Waals surface area contributed by atoms with Gasteiger partial charge in [0.1, 0.15) is 5.82 Å². The highest BCUT2D eigenvalue weighted by molar-refractivity contribution is 7.15. The van der Waals surface area contributed by atoms with Gasteiger partial charge in [-0.25, -0.2) is 14.4 Å². The van der Waals surface area contributed by atoms with Crippen LogP contribution >= 0.6 is 11.3 Å². The predicted molar refractivity (Wildman–Crippen MR) is 91.5 cm³/mol. The maximum Gasteiger partial charge on any atom is 0.235 e. The highest BCUT2D eigenvalue weighted by atomic mass is 32.1. The van der Waals surface area contributed by atoms with Crippen molar-refractivity contribution in [3.63, 3.8) is 0 Å². The van der Waals surface area contributed by atoms with E-state index in [-0.39, 0.29) is 17.6 Å². The summed E-state index contributed by atoms with van der Waals surface area (Å²) in [5.74, 6) is -0.409. The Morgan fingerprint density at radius 1 is 1.46 bits per heavy atom. The second kappa shape index (κ2) is 5.55. The number of nitrogens with zero attached hydrogens (tertiary/aromatic N) is 3. The van der Waals surface area contributed by atoms with Gasteiger partial charge in [0.05, 0.1) is 22.6 Å². The molecule has 0 bridgehead atoms. The van der Waals surface area contributed by atoms with Crippen molar-refractivity contribution in [2.75, 3.05) is 11.1 Å². The quantitative estimate of drug-likeness (QED) is 0.748. The number of anilines is 2. The Morgan fingerprint density at radius 2 is 2.29 bits per heavy atom. The highest BCUT2D eigenvalue weighted by Gasteiger charge is 2.30. The molecule has 1 aliphatic rings. The van der Waals surface area contributed by atoms with Crippen LogP contribution < -0.4 is 11.1 Å². The minimum absolute atomic E-state index is 0.153. The Labute approximate surface area is 141 Å². The topological polar surface area (TPSA) is 85.8 Å². The number of benzene rings is 1. The van der Waals surface area contributed by atoms with E-state index in [0.717, 1.165) is 29.8 Å². The van der Waals surface area contributed by atoms with Crippen LogP contribution in [0.3, 0.4) is 0 Å². The highest BCUT2D eigenvalue weighted by Crippen LogP contribution is 2.36. The molecule has 1 amide bonds. The zero-order chi connectivity index (χ0) is 16.8. The van der Waals surface area contributed by atoms with Gasteiger partial charge in [-0.3, -0.25) is 10.1 Å². The SMILES string of the molecule is Cn1c(NC(=O)C2CCCc3sc(N)nc32)nc2ccc(F)cc21. The van der Waals surface area contributed by atoms with Crippen LogP contribution in [0.15, 0.2) is 18.2 Å². The molecule has 0 aliphatic heterocycles. The van der Waals surface area contributed by atoms with Gasteiger partial charge >= 0.3 is 0 Å². The smallest absolute Gasteiger partial charge is 0.235 e. The van der Waals surface area contributed by atoms with E-state index < -0.39 is 0 Å². The first kappa shape index (κ1) is 15.1. The molecule has 1 unspecified atom stereocenters. The lowest BCUT2D eigenvalue weighted by Crippen LogP contribution is -2.25. The molecular weight excluding hydrogens is 329 g/mol. The number of aromatic nitrogens is 3. The summed E-state index contributed by atoms with van der Waals surface area (Å²) < 4.78 is 15.1. The van der Waals surface area contributed by atoms with Crippen molar-refractivity contribution in [3.8, 4) is 0 Å². The van der Waals surface area contributed by atoms with Crippen LogP contribution in [0.25, 0.3) is 11.0 Å². The molecule has 0 saturated heterocycles. The van der Waals surface area contributed by atoms with E-state index in [4.69, 9.17) is 5.73 Å². The van der Waals surface area contributed by atoms with Crippen LogP contribution in [-0.4, -0.2) is 20.4 Å². The van der Waals surface area contributed by atoms with Crippen LogP contribution in [0.5, 0.6) is 0 Å². The van der Waals surface area contributed by atoms with E-state index in [9.17, 15) is 9.18 Å². The first-order chi connectivity index (χ1) is 11.5. The summed E-state index contributed by atoms with van der Waals surface area (Å²) >= 11 is 1.45. The van der Waals surface area contributed by atoms with E-state index in [1.807, 2.05) is 0 Å². The fourth-order valence-corrected chi connectivity index (χ4v) is 4.10. The Balaban J connectivity index is 1.64. The summed E-state index contributed by atoms with van der Waals surface area (Å²) in [5.41, 5.74) is 7.84. The Bertz CT molecular complexity index is 947. The van der Waals surface area contributed by atoms with Crippen LogP contribution in [0.2, 0.25) is 0 Å². The van der Waals surface area contributed by atoms with Gasteiger partial charge in [0.15, 0.2) is 5.13 Å². The molecule has 1 aromatic carbocycles. The lowest BCUT2D eigenvalue weighted by Gasteiger charge is -2.20. The summed E-state index contributed by atoms with van der Waals surface area (Å²) in [7, 11) is 1.75. The van der Waals surface area contributed by atoms with Crippen molar-refractivity contribution in [1.82, 2.24) is 14.5 Å². The van der Waals surface area contributed by atoms with E-state index >= 15 is 0 Å². The zero-order valence-electron chi connectivity index (χ0n) is 13.0. The second-order valence-electron chi connectivity index (χ2n) is 5.92. The lowest BCUT2D eigenvalue weighted by atomic mass is 9.90. The largest absolute Gasteiger partial charge is 0.375 e. The minimum Gasteiger partial charge on any atom is -0.375 e. The summed E-state index contributed by atoms with van der Waals surface area (Å²) in [4.78, 5) is 22.5. The van der Waals surface area contributed by atoms with E-state index in [1.54, 1.807) is 17.7 Å². The third kappa shape index (κ3) is 2.43. The molecule has 1 atom stereocenters. The van der Waals surface area contributed by atoms with Gasteiger partial charge in [0.25, 0.3) is 0 Å². The number of nitrogens with one attached hydrogen (secondary N) is 1. The first-order valence-corrected chi connectivity index (χ1v) is 8.52. The number of hydrogen-bond donors (Lipinski definition) is 2. The van der Waals surface area contributed by atoms with Crippen molar-refractivity contribution in [1.29, 1.82) is 0 Å². The Morgan fingerprint density at radius 3 is 3.12 bits per heavy atom. The fourth-order valence-electron chi connectivity index (χ4n) is 3.16. The van der Waals surface area contributed by atoms with Crippen molar-refractivity contribution in [2.45, 2.75) is 25.2 Å². The number of thiazole rings is 1. The van der Waals surface area contributed by atoms with Crippen LogP contribution in [0, 0.1) is 5.82 Å².